The van der Waals surface area contributed by atoms with Crippen LogP contribution in [0.15, 0.2) is 30.3 Å². The van der Waals surface area contributed by atoms with Gasteiger partial charge in [-0.1, -0.05) is 44.2 Å². The van der Waals surface area contributed by atoms with Crippen molar-refractivity contribution in [1.29, 1.82) is 0 Å². The monoisotopic (exact) mass is 207 g/mol. The Bertz CT molecular complexity index is 271. The SMILES string of the molecule is CC(C)CC(O)C(N)Cc1ccccc1. The lowest BCUT2D eigenvalue weighted by atomic mass is 9.96. The summed E-state index contributed by atoms with van der Waals surface area (Å²) in [6.45, 7) is 4.19. The van der Waals surface area contributed by atoms with Gasteiger partial charge in [-0.25, -0.2) is 0 Å². The summed E-state index contributed by atoms with van der Waals surface area (Å²) >= 11 is 0. The predicted molar refractivity (Wildman–Crippen MR) is 63.6 cm³/mol. The molecule has 0 aromatic heterocycles. The van der Waals surface area contributed by atoms with E-state index in [1.807, 2.05) is 30.3 Å². The van der Waals surface area contributed by atoms with Crippen LogP contribution < -0.4 is 5.73 Å². The maximum absolute atomic E-state index is 9.82. The van der Waals surface area contributed by atoms with E-state index >= 15 is 0 Å². The molecule has 1 rings (SSSR count). The Balaban J connectivity index is 2.45. The summed E-state index contributed by atoms with van der Waals surface area (Å²) in [5.74, 6) is 0.488. The van der Waals surface area contributed by atoms with Gasteiger partial charge in [0, 0.05) is 6.04 Å². The molecule has 0 amide bonds. The zero-order valence-corrected chi connectivity index (χ0v) is 9.56. The van der Waals surface area contributed by atoms with Crippen LogP contribution in [0.4, 0.5) is 0 Å². The van der Waals surface area contributed by atoms with E-state index in [9.17, 15) is 5.11 Å². The Labute approximate surface area is 92.1 Å². The first-order valence-electron chi connectivity index (χ1n) is 5.57. The fraction of sp³-hybridized carbons (Fsp3) is 0.538. The predicted octanol–water partition coefficient (Wildman–Crippen LogP) is 1.96. The molecule has 84 valence electrons. The number of aliphatic hydroxyl groups excluding tert-OH is 1. The van der Waals surface area contributed by atoms with Gasteiger partial charge < -0.3 is 10.8 Å². The minimum Gasteiger partial charge on any atom is -0.391 e. The smallest absolute Gasteiger partial charge is 0.0696 e. The van der Waals surface area contributed by atoms with Crippen molar-refractivity contribution in [2.75, 3.05) is 0 Å². The average Bonchev–Trinajstić information content (AvgIpc) is 2.18. The number of benzene rings is 1. The Kier molecular flexibility index (Phi) is 4.79. The van der Waals surface area contributed by atoms with E-state index in [0.717, 1.165) is 12.8 Å². The largest absolute Gasteiger partial charge is 0.391 e. The van der Waals surface area contributed by atoms with Crippen LogP contribution in [0.3, 0.4) is 0 Å². The lowest BCUT2D eigenvalue weighted by Gasteiger charge is -2.20. The van der Waals surface area contributed by atoms with Crippen molar-refractivity contribution in [3.63, 3.8) is 0 Å². The summed E-state index contributed by atoms with van der Waals surface area (Å²) in [7, 11) is 0. The van der Waals surface area contributed by atoms with E-state index in [4.69, 9.17) is 5.73 Å². The van der Waals surface area contributed by atoms with E-state index in [0.29, 0.717) is 5.92 Å². The van der Waals surface area contributed by atoms with Crippen molar-refractivity contribution < 1.29 is 5.11 Å². The summed E-state index contributed by atoms with van der Waals surface area (Å²) in [6.07, 6.45) is 1.12. The molecule has 2 atom stereocenters. The van der Waals surface area contributed by atoms with E-state index in [1.165, 1.54) is 5.56 Å². The van der Waals surface area contributed by atoms with E-state index in [-0.39, 0.29) is 6.04 Å². The summed E-state index contributed by atoms with van der Waals surface area (Å²) in [6, 6.07) is 9.91. The number of nitrogens with two attached hydrogens (primary N) is 1. The number of aliphatic hydroxyl groups is 1. The number of hydrogen-bond donors (Lipinski definition) is 2. The molecule has 3 N–H and O–H groups in total. The van der Waals surface area contributed by atoms with Gasteiger partial charge in [-0.15, -0.1) is 0 Å². The van der Waals surface area contributed by atoms with Gasteiger partial charge in [0.15, 0.2) is 0 Å². The van der Waals surface area contributed by atoms with Gasteiger partial charge in [0.05, 0.1) is 6.10 Å². The van der Waals surface area contributed by atoms with E-state index in [2.05, 4.69) is 13.8 Å². The molecule has 0 aliphatic carbocycles. The quantitative estimate of drug-likeness (QED) is 0.775. The van der Waals surface area contributed by atoms with Crippen LogP contribution in [-0.2, 0) is 6.42 Å². The molecule has 0 saturated heterocycles. The summed E-state index contributed by atoms with van der Waals surface area (Å²) in [4.78, 5) is 0. The highest BCUT2D eigenvalue weighted by atomic mass is 16.3. The van der Waals surface area contributed by atoms with Crippen LogP contribution >= 0.6 is 0 Å². The van der Waals surface area contributed by atoms with Crippen molar-refractivity contribution in [3.8, 4) is 0 Å². The fourth-order valence-electron chi connectivity index (χ4n) is 1.68. The zero-order chi connectivity index (χ0) is 11.3. The van der Waals surface area contributed by atoms with Crippen molar-refractivity contribution in [1.82, 2.24) is 0 Å². The summed E-state index contributed by atoms with van der Waals surface area (Å²) < 4.78 is 0. The normalized spacial score (nSPS) is 15.3. The average molecular weight is 207 g/mol. The molecular formula is C13H21NO. The fourth-order valence-corrected chi connectivity index (χ4v) is 1.68. The maximum atomic E-state index is 9.82. The second-order valence-corrected chi connectivity index (χ2v) is 4.55. The van der Waals surface area contributed by atoms with Crippen LogP contribution in [0.1, 0.15) is 25.8 Å². The van der Waals surface area contributed by atoms with Crippen LogP contribution in [0.25, 0.3) is 0 Å². The molecule has 0 fully saturated rings. The van der Waals surface area contributed by atoms with Gasteiger partial charge in [-0.2, -0.15) is 0 Å². The van der Waals surface area contributed by atoms with Gasteiger partial charge in [0.25, 0.3) is 0 Å². The number of rotatable bonds is 5. The first kappa shape index (κ1) is 12.2. The second kappa shape index (κ2) is 5.89. The van der Waals surface area contributed by atoms with E-state index < -0.39 is 6.10 Å². The molecular weight excluding hydrogens is 186 g/mol. The molecule has 0 saturated carbocycles. The molecule has 2 unspecified atom stereocenters. The Morgan fingerprint density at radius 2 is 1.80 bits per heavy atom. The minimum atomic E-state index is -0.398. The number of hydrogen-bond acceptors (Lipinski definition) is 2. The van der Waals surface area contributed by atoms with Gasteiger partial charge >= 0.3 is 0 Å². The Morgan fingerprint density at radius 3 is 2.33 bits per heavy atom. The van der Waals surface area contributed by atoms with Gasteiger partial charge in [0.2, 0.25) is 0 Å². The molecule has 2 heteroatoms. The molecule has 1 aromatic rings. The molecule has 0 heterocycles. The third kappa shape index (κ3) is 4.45. The van der Waals surface area contributed by atoms with Gasteiger partial charge in [-0.05, 0) is 24.3 Å². The van der Waals surface area contributed by atoms with Crippen molar-refractivity contribution >= 4 is 0 Å². The van der Waals surface area contributed by atoms with Crippen LogP contribution in [0.5, 0.6) is 0 Å². The molecule has 2 nitrogen and oxygen atoms in total. The molecule has 0 spiro atoms. The molecule has 0 radical (unpaired) electrons. The lowest BCUT2D eigenvalue weighted by molar-refractivity contribution is 0.120. The standard InChI is InChI=1S/C13H21NO/c1-10(2)8-13(15)12(14)9-11-6-4-3-5-7-11/h3-7,10,12-13,15H,8-9,14H2,1-2H3. The molecule has 0 aliphatic heterocycles. The van der Waals surface area contributed by atoms with Gasteiger partial charge in [0.1, 0.15) is 0 Å². The summed E-state index contributed by atoms with van der Waals surface area (Å²) in [5.41, 5.74) is 7.14. The molecule has 15 heavy (non-hydrogen) atoms. The highest BCUT2D eigenvalue weighted by Gasteiger charge is 2.16. The van der Waals surface area contributed by atoms with Crippen LogP contribution in [-0.4, -0.2) is 17.3 Å². The van der Waals surface area contributed by atoms with Gasteiger partial charge in [-0.3, -0.25) is 0 Å². The first-order valence-corrected chi connectivity index (χ1v) is 5.57. The Hall–Kier alpha value is -0.860. The highest BCUT2D eigenvalue weighted by Crippen LogP contribution is 2.10. The van der Waals surface area contributed by atoms with Crippen LogP contribution in [0, 0.1) is 5.92 Å². The lowest BCUT2D eigenvalue weighted by Crippen LogP contribution is -2.37. The Morgan fingerprint density at radius 1 is 1.20 bits per heavy atom. The molecule has 1 aromatic carbocycles. The minimum absolute atomic E-state index is 0.158. The van der Waals surface area contributed by atoms with E-state index in [1.54, 1.807) is 0 Å². The zero-order valence-electron chi connectivity index (χ0n) is 9.56. The maximum Gasteiger partial charge on any atom is 0.0696 e. The third-order valence-electron chi connectivity index (χ3n) is 2.52. The highest BCUT2D eigenvalue weighted by molar-refractivity contribution is 5.16. The van der Waals surface area contributed by atoms with Crippen molar-refractivity contribution in [2.24, 2.45) is 11.7 Å². The second-order valence-electron chi connectivity index (χ2n) is 4.55. The summed E-state index contributed by atoms with van der Waals surface area (Å²) in [5, 5.41) is 9.82. The third-order valence-corrected chi connectivity index (χ3v) is 2.52. The van der Waals surface area contributed by atoms with Crippen molar-refractivity contribution in [3.05, 3.63) is 35.9 Å². The van der Waals surface area contributed by atoms with Crippen LogP contribution in [0.2, 0.25) is 0 Å². The topological polar surface area (TPSA) is 46.2 Å². The van der Waals surface area contributed by atoms with Crippen molar-refractivity contribution in [2.45, 2.75) is 38.8 Å². The molecule has 0 aliphatic rings. The first-order chi connectivity index (χ1) is 7.09. The molecule has 0 bridgehead atoms.